The van der Waals surface area contributed by atoms with Gasteiger partial charge in [-0.1, -0.05) is 6.42 Å². The van der Waals surface area contributed by atoms with Gasteiger partial charge in [-0.05, 0) is 38.5 Å². The van der Waals surface area contributed by atoms with E-state index >= 15 is 0 Å². The fourth-order valence-corrected chi connectivity index (χ4v) is 5.02. The van der Waals surface area contributed by atoms with Crippen molar-refractivity contribution in [1.29, 1.82) is 0 Å². The van der Waals surface area contributed by atoms with E-state index in [0.717, 1.165) is 44.9 Å². The fourth-order valence-electron chi connectivity index (χ4n) is 3.31. The lowest BCUT2D eigenvalue weighted by atomic mass is 9.63. The first kappa shape index (κ1) is 13.8. The molecule has 0 unspecified atom stereocenters. The Hall–Kier alpha value is -0.170. The number of nitrogens with one attached hydrogen (secondary N) is 1. The van der Waals surface area contributed by atoms with Crippen molar-refractivity contribution < 1.29 is 18.3 Å². The maximum Gasteiger partial charge on any atom is 0.214 e. The topological polar surface area (TPSA) is 75.6 Å². The summed E-state index contributed by atoms with van der Waals surface area (Å²) in [6, 6.07) is -0.251. The van der Waals surface area contributed by atoms with E-state index in [-0.39, 0.29) is 29.4 Å². The van der Waals surface area contributed by atoms with Crippen molar-refractivity contribution in [3.8, 4) is 0 Å². The van der Waals surface area contributed by atoms with Crippen LogP contribution in [-0.4, -0.2) is 44.1 Å². The van der Waals surface area contributed by atoms with Gasteiger partial charge in [0.15, 0.2) is 0 Å². The molecule has 2 aliphatic carbocycles. The normalized spacial score (nSPS) is 31.9. The predicted molar refractivity (Wildman–Crippen MR) is 71.2 cm³/mol. The predicted octanol–water partition coefficient (Wildman–Crippen LogP) is 0.778. The van der Waals surface area contributed by atoms with Crippen LogP contribution in [0.15, 0.2) is 0 Å². The molecule has 2 atom stereocenters. The quantitative estimate of drug-likeness (QED) is 0.757. The Morgan fingerprint density at radius 2 is 2.00 bits per heavy atom. The lowest BCUT2D eigenvalue weighted by Crippen LogP contribution is -2.59. The Morgan fingerprint density at radius 1 is 1.26 bits per heavy atom. The van der Waals surface area contributed by atoms with Gasteiger partial charge in [-0.3, -0.25) is 0 Å². The molecule has 19 heavy (non-hydrogen) atoms. The second-order valence-electron chi connectivity index (χ2n) is 6.27. The lowest BCUT2D eigenvalue weighted by Gasteiger charge is -2.48. The van der Waals surface area contributed by atoms with Gasteiger partial charge in [0.1, 0.15) is 0 Å². The van der Waals surface area contributed by atoms with Crippen LogP contribution in [0, 0.1) is 5.41 Å². The highest BCUT2D eigenvalue weighted by Gasteiger charge is 2.51. The van der Waals surface area contributed by atoms with Gasteiger partial charge in [0.05, 0.1) is 24.0 Å². The number of hydrogen-bond acceptors (Lipinski definition) is 4. The monoisotopic (exact) mass is 289 g/mol. The highest BCUT2D eigenvalue weighted by atomic mass is 32.2. The molecule has 0 aromatic carbocycles. The number of ether oxygens (including phenoxy) is 1. The highest BCUT2D eigenvalue weighted by Crippen LogP contribution is 2.46. The average molecular weight is 289 g/mol. The van der Waals surface area contributed by atoms with E-state index in [2.05, 4.69) is 4.72 Å². The molecule has 1 aliphatic heterocycles. The molecule has 3 rings (SSSR count). The van der Waals surface area contributed by atoms with Crippen molar-refractivity contribution in [3.05, 3.63) is 0 Å². The molecule has 0 amide bonds. The van der Waals surface area contributed by atoms with Crippen LogP contribution in [0.5, 0.6) is 0 Å². The minimum atomic E-state index is -3.23. The summed E-state index contributed by atoms with van der Waals surface area (Å²) in [4.78, 5) is 0. The molecular weight excluding hydrogens is 266 g/mol. The minimum Gasteiger partial charge on any atom is -0.396 e. The second-order valence-corrected chi connectivity index (χ2v) is 8.26. The summed E-state index contributed by atoms with van der Waals surface area (Å²) in [6.45, 7) is 0.749. The minimum absolute atomic E-state index is 0.0463. The smallest absolute Gasteiger partial charge is 0.214 e. The number of aliphatic hydroxyl groups excluding tert-OH is 1. The first-order valence-electron chi connectivity index (χ1n) is 7.31. The third-order valence-electron chi connectivity index (χ3n) is 4.92. The molecule has 0 spiro atoms. The van der Waals surface area contributed by atoms with E-state index in [1.54, 1.807) is 0 Å². The standard InChI is InChI=1S/C13H23NO4S/c15-9-13(6-2-7-13)12(11-3-1-8-18-11)14-19(16,17)10-4-5-10/h10-12,14-15H,1-9H2/t11-,12+/m1/s1. The first-order chi connectivity index (χ1) is 9.07. The van der Waals surface area contributed by atoms with Gasteiger partial charge in [-0.2, -0.15) is 0 Å². The van der Waals surface area contributed by atoms with Crippen LogP contribution in [0.1, 0.15) is 44.9 Å². The number of hydrogen-bond donors (Lipinski definition) is 2. The van der Waals surface area contributed by atoms with Crippen molar-refractivity contribution >= 4 is 10.0 Å². The van der Waals surface area contributed by atoms with Crippen LogP contribution in [0.3, 0.4) is 0 Å². The zero-order valence-electron chi connectivity index (χ0n) is 11.2. The largest absolute Gasteiger partial charge is 0.396 e. The molecule has 110 valence electrons. The average Bonchev–Trinajstić information content (AvgIpc) is 3.05. The third kappa shape index (κ3) is 2.55. The molecule has 2 N–H and O–H groups in total. The Bertz CT molecular complexity index is 416. The first-order valence-corrected chi connectivity index (χ1v) is 8.86. The molecule has 1 heterocycles. The molecule has 0 bridgehead atoms. The molecular formula is C13H23NO4S. The summed E-state index contributed by atoms with van der Waals surface area (Å²) in [5.41, 5.74) is -0.295. The molecule has 2 saturated carbocycles. The molecule has 1 saturated heterocycles. The van der Waals surface area contributed by atoms with Gasteiger partial charge in [0.2, 0.25) is 10.0 Å². The lowest BCUT2D eigenvalue weighted by molar-refractivity contribution is -0.0429. The van der Waals surface area contributed by atoms with Gasteiger partial charge in [-0.15, -0.1) is 0 Å². The molecule has 0 radical (unpaired) electrons. The van der Waals surface area contributed by atoms with Crippen LogP contribution in [0.4, 0.5) is 0 Å². The maximum absolute atomic E-state index is 12.2. The highest BCUT2D eigenvalue weighted by molar-refractivity contribution is 7.90. The molecule has 0 aromatic heterocycles. The summed E-state index contributed by atoms with van der Waals surface area (Å²) >= 11 is 0. The van der Waals surface area contributed by atoms with E-state index < -0.39 is 10.0 Å². The summed E-state index contributed by atoms with van der Waals surface area (Å²) in [5.74, 6) is 0. The van der Waals surface area contributed by atoms with Crippen LogP contribution in [0.25, 0.3) is 0 Å². The van der Waals surface area contributed by atoms with Crippen molar-refractivity contribution in [1.82, 2.24) is 4.72 Å². The van der Waals surface area contributed by atoms with Crippen LogP contribution in [0.2, 0.25) is 0 Å². The van der Waals surface area contributed by atoms with E-state index in [1.165, 1.54) is 0 Å². The number of rotatable bonds is 6. The van der Waals surface area contributed by atoms with Crippen molar-refractivity contribution in [2.45, 2.75) is 62.3 Å². The summed E-state index contributed by atoms with van der Waals surface area (Å²) in [5, 5.41) is 9.51. The van der Waals surface area contributed by atoms with E-state index in [1.807, 2.05) is 0 Å². The van der Waals surface area contributed by atoms with Crippen LogP contribution >= 0.6 is 0 Å². The van der Waals surface area contributed by atoms with E-state index in [4.69, 9.17) is 4.74 Å². The maximum atomic E-state index is 12.2. The Morgan fingerprint density at radius 3 is 2.42 bits per heavy atom. The van der Waals surface area contributed by atoms with E-state index in [9.17, 15) is 13.5 Å². The van der Waals surface area contributed by atoms with Crippen LogP contribution < -0.4 is 4.72 Å². The van der Waals surface area contributed by atoms with E-state index in [0.29, 0.717) is 6.61 Å². The zero-order valence-corrected chi connectivity index (χ0v) is 12.0. The Balaban J connectivity index is 1.79. The zero-order chi connectivity index (χ0) is 13.5. The summed E-state index contributed by atoms with van der Waals surface area (Å²) < 4.78 is 33.0. The van der Waals surface area contributed by atoms with Crippen molar-refractivity contribution in [2.75, 3.05) is 13.2 Å². The molecule has 6 heteroatoms. The Labute approximate surface area is 114 Å². The van der Waals surface area contributed by atoms with Gasteiger partial charge in [-0.25, -0.2) is 13.1 Å². The molecule has 5 nitrogen and oxygen atoms in total. The van der Waals surface area contributed by atoms with Gasteiger partial charge < -0.3 is 9.84 Å². The van der Waals surface area contributed by atoms with Gasteiger partial charge in [0.25, 0.3) is 0 Å². The molecule has 3 aliphatic rings. The Kier molecular flexibility index (Phi) is 3.62. The number of sulfonamides is 1. The SMILES string of the molecule is O=S(=O)(N[C@@H]([C@H]1CCCO1)C1(CO)CCC1)C1CC1. The summed E-state index contributed by atoms with van der Waals surface area (Å²) in [6.07, 6.45) is 6.17. The third-order valence-corrected chi connectivity index (χ3v) is 6.85. The van der Waals surface area contributed by atoms with Crippen LogP contribution in [-0.2, 0) is 14.8 Å². The fraction of sp³-hybridized carbons (Fsp3) is 1.00. The second kappa shape index (κ2) is 4.98. The number of aliphatic hydroxyl groups is 1. The van der Waals surface area contributed by atoms with Gasteiger partial charge in [0, 0.05) is 12.0 Å². The van der Waals surface area contributed by atoms with Crippen molar-refractivity contribution in [2.24, 2.45) is 5.41 Å². The van der Waals surface area contributed by atoms with Crippen molar-refractivity contribution in [3.63, 3.8) is 0 Å². The molecule has 0 aromatic rings. The van der Waals surface area contributed by atoms with Gasteiger partial charge >= 0.3 is 0 Å². The summed E-state index contributed by atoms with van der Waals surface area (Å²) in [7, 11) is -3.23. The molecule has 3 fully saturated rings.